The van der Waals surface area contributed by atoms with Crippen molar-refractivity contribution in [2.24, 2.45) is 5.92 Å². The number of rotatable bonds is 58. The topological polar surface area (TPSA) is 130 Å². The Hall–Kier alpha value is -6.93. The normalized spacial score (nSPS) is 13.9. The zero-order valence-electron chi connectivity index (χ0n) is 55.0. The monoisotopic (exact) mass is 1200 g/mol. The minimum atomic E-state index is -1.03. The van der Waals surface area contributed by atoms with Crippen LogP contribution in [0, 0.1) is 5.92 Å². The third kappa shape index (κ3) is 62.1. The summed E-state index contributed by atoms with van der Waals surface area (Å²) < 4.78 is 0. The van der Waals surface area contributed by atoms with Crippen molar-refractivity contribution in [1.82, 2.24) is 10.6 Å². The fraction of sp³-hybridized carbons (Fsp3) is 0.487. The first-order valence-corrected chi connectivity index (χ1v) is 33.8. The second kappa shape index (κ2) is 67.6. The van der Waals surface area contributed by atoms with Gasteiger partial charge in [0.15, 0.2) is 5.78 Å². The maximum Gasteiger partial charge on any atom is 0.306 e. The summed E-state index contributed by atoms with van der Waals surface area (Å²) in [6, 6.07) is -0.817. The van der Waals surface area contributed by atoms with Crippen LogP contribution in [0.5, 0.6) is 0 Å². The molecule has 0 aliphatic rings. The number of hydrogen-bond donors (Lipinski definition) is 3. The minimum absolute atomic E-state index is 0.0376. The first kappa shape index (κ1) is 81.1. The number of carboxylic acid groups (broad SMARTS) is 1. The highest BCUT2D eigenvalue weighted by Gasteiger charge is 2.27. The fourth-order valence-electron chi connectivity index (χ4n) is 8.67. The molecule has 0 spiro atoms. The molecule has 0 saturated heterocycles. The quantitative estimate of drug-likeness (QED) is 0.0411. The Morgan fingerprint density at radius 1 is 0.318 bits per heavy atom. The van der Waals surface area contributed by atoms with Gasteiger partial charge in [-0.25, -0.2) is 0 Å². The number of aliphatic carboxylic acids is 1. The van der Waals surface area contributed by atoms with Crippen LogP contribution in [-0.2, 0) is 24.0 Å². The summed E-state index contributed by atoms with van der Waals surface area (Å²) >= 11 is 0. The number of hydrogen-bond acceptors (Lipinski definition) is 5. The van der Waals surface area contributed by atoms with E-state index in [9.17, 15) is 29.1 Å². The molecule has 0 aromatic carbocycles. The maximum absolute atomic E-state index is 13.8. The average Bonchev–Trinajstić information content (AvgIpc) is 3.57. The van der Waals surface area contributed by atoms with Crippen LogP contribution in [0.4, 0.5) is 0 Å². The first-order valence-electron chi connectivity index (χ1n) is 33.8. The number of carbonyl (C=O) groups is 5. The van der Waals surface area contributed by atoms with Crippen molar-refractivity contribution in [2.45, 2.75) is 239 Å². The molecule has 0 fully saturated rings. The molecule has 0 heterocycles. The summed E-state index contributed by atoms with van der Waals surface area (Å²) in [4.78, 5) is 64.6. The number of ketones is 2. The summed E-state index contributed by atoms with van der Waals surface area (Å²) in [5, 5.41) is 16.1. The third-order valence-electron chi connectivity index (χ3n) is 13.7. The van der Waals surface area contributed by atoms with E-state index in [1.54, 1.807) is 0 Å². The van der Waals surface area contributed by atoms with Gasteiger partial charge in [-0.3, -0.25) is 24.0 Å². The van der Waals surface area contributed by atoms with Crippen LogP contribution in [0.25, 0.3) is 0 Å². The van der Waals surface area contributed by atoms with Gasteiger partial charge in [-0.15, -0.1) is 0 Å². The highest BCUT2D eigenvalue weighted by atomic mass is 16.4. The number of carboxylic acids is 1. The van der Waals surface area contributed by atoms with Crippen molar-refractivity contribution < 1.29 is 29.1 Å². The second-order valence-corrected chi connectivity index (χ2v) is 21.7. The molecule has 2 amide bonds. The molecule has 3 N–H and O–H groups in total. The van der Waals surface area contributed by atoms with Crippen molar-refractivity contribution in [3.63, 3.8) is 0 Å². The van der Waals surface area contributed by atoms with Crippen LogP contribution in [0.3, 0.4) is 0 Å². The number of Topliss-reactive ketones (excluding diaryl/α,β-unsaturated/α-hetero) is 2. The Labute approximate surface area is 536 Å². The Balaban J connectivity index is 4.96. The van der Waals surface area contributed by atoms with Crippen molar-refractivity contribution in [3.05, 3.63) is 219 Å². The minimum Gasteiger partial charge on any atom is -0.481 e. The van der Waals surface area contributed by atoms with Gasteiger partial charge in [0.1, 0.15) is 5.78 Å². The fourth-order valence-corrected chi connectivity index (χ4v) is 8.67. The molecule has 8 heteroatoms. The zero-order valence-corrected chi connectivity index (χ0v) is 55.0. The van der Waals surface area contributed by atoms with Gasteiger partial charge in [-0.1, -0.05) is 252 Å². The maximum atomic E-state index is 13.8. The van der Waals surface area contributed by atoms with Crippen LogP contribution < -0.4 is 10.6 Å². The van der Waals surface area contributed by atoms with E-state index in [1.165, 1.54) is 0 Å². The standard InChI is InChI=1S/C80H118N2O6/c1-4-7-10-13-16-19-22-25-28-31-34-37-40-43-46-49-52-55-60-67-75(83)68-61-58-59-66-74(80(87)88)73-77(84)76(82-79(86)71-63-57-54-51-48-45-42-39-36-33-30-27-24-21-18-15-12-9-6-3)69-64-65-72-81-78(85)70-62-56-53-50-47-44-41-38-35-32-29-26-23-20-17-14-11-8-5-2/h7-12,16-21,25-30,34-39,43-48,52-57,74,76H,4-6,13-15,22-24,31-33,40-42,49-51,58-73H2,1-3H3,(H,81,85)(H,82,86)(H,87,88)/b10-7-,11-8-,12-9-,19-16-,20-17-,21-18-,28-25-,29-26-,30-27-,37-34-,38-35-,39-36-,46-43-,47-44-,48-45-,55-52-,56-53-,57-54-/t74-,76+/m1/s1. The lowest BCUT2D eigenvalue weighted by Crippen LogP contribution is -2.42. The van der Waals surface area contributed by atoms with Gasteiger partial charge in [0.05, 0.1) is 12.0 Å². The Morgan fingerprint density at radius 2 is 0.614 bits per heavy atom. The first-order chi connectivity index (χ1) is 43.2. The van der Waals surface area contributed by atoms with E-state index in [0.29, 0.717) is 90.0 Å². The van der Waals surface area contributed by atoms with Gasteiger partial charge >= 0.3 is 5.97 Å². The molecule has 0 rings (SSSR count). The van der Waals surface area contributed by atoms with E-state index < -0.39 is 17.9 Å². The van der Waals surface area contributed by atoms with Crippen LogP contribution >= 0.6 is 0 Å². The summed E-state index contributed by atoms with van der Waals surface area (Å²) in [5.41, 5.74) is 0. The van der Waals surface area contributed by atoms with Gasteiger partial charge in [0.2, 0.25) is 11.8 Å². The number of allylic oxidation sites excluding steroid dienone is 36. The molecule has 0 aliphatic carbocycles. The van der Waals surface area contributed by atoms with Crippen molar-refractivity contribution in [2.75, 3.05) is 6.54 Å². The van der Waals surface area contributed by atoms with E-state index in [2.05, 4.69) is 232 Å². The third-order valence-corrected chi connectivity index (χ3v) is 13.7. The van der Waals surface area contributed by atoms with Crippen LogP contribution in [-0.4, -0.2) is 47.0 Å². The number of unbranched alkanes of at least 4 members (excludes halogenated alkanes) is 3. The molecule has 0 radical (unpaired) electrons. The SMILES string of the molecule is CC/C=C\C/C=C\C/C=C\C/C=C\C/C=C\C/C=C\CCC(=O)CCCCC[C@H](CC(=O)[C@H](CCCCNC(=O)CC/C=C\C/C=C\C/C=C\C/C=C\C/C=C\C/C=C\CC)NC(=O)CC/C=C\C/C=C\C/C=C\C/C=C\C/C=C\C/C=C\CC)C(=O)O. The van der Waals surface area contributed by atoms with Gasteiger partial charge < -0.3 is 15.7 Å². The molecule has 484 valence electrons. The summed E-state index contributed by atoms with van der Waals surface area (Å²) in [6.45, 7) is 6.88. The molecule has 2 atom stereocenters. The zero-order chi connectivity index (χ0) is 64.0. The molecule has 0 aromatic heterocycles. The number of carbonyl (C=O) groups excluding carboxylic acids is 4. The van der Waals surface area contributed by atoms with Gasteiger partial charge in [-0.05, 0) is 167 Å². The number of nitrogens with one attached hydrogen (secondary N) is 2. The molecule has 8 nitrogen and oxygen atoms in total. The Bertz CT molecular complexity index is 2330. The van der Waals surface area contributed by atoms with Gasteiger partial charge in [-0.2, -0.15) is 0 Å². The van der Waals surface area contributed by atoms with Crippen molar-refractivity contribution >= 4 is 29.4 Å². The molecule has 0 aliphatic heterocycles. The largest absolute Gasteiger partial charge is 0.481 e. The predicted molar refractivity (Wildman–Crippen MR) is 380 cm³/mol. The summed E-state index contributed by atoms with van der Waals surface area (Å²) in [5.74, 6) is -2.29. The van der Waals surface area contributed by atoms with Gasteiger partial charge in [0.25, 0.3) is 0 Å². The number of amides is 2. The highest BCUT2D eigenvalue weighted by Crippen LogP contribution is 2.19. The molecule has 88 heavy (non-hydrogen) atoms. The van der Waals surface area contributed by atoms with E-state index in [-0.39, 0.29) is 36.2 Å². The highest BCUT2D eigenvalue weighted by molar-refractivity contribution is 5.91. The molecule has 0 bridgehead atoms. The van der Waals surface area contributed by atoms with Crippen LogP contribution in [0.1, 0.15) is 233 Å². The molecule has 0 aromatic rings. The second-order valence-electron chi connectivity index (χ2n) is 21.7. The van der Waals surface area contributed by atoms with Gasteiger partial charge in [0, 0.05) is 38.6 Å². The lowest BCUT2D eigenvalue weighted by atomic mass is 9.91. The van der Waals surface area contributed by atoms with E-state index in [1.807, 2.05) is 18.2 Å². The van der Waals surface area contributed by atoms with Crippen LogP contribution in [0.2, 0.25) is 0 Å². The lowest BCUT2D eigenvalue weighted by molar-refractivity contribution is -0.144. The lowest BCUT2D eigenvalue weighted by Gasteiger charge is -2.20. The average molecular weight is 1200 g/mol. The Kier molecular flexibility index (Phi) is 62.3. The van der Waals surface area contributed by atoms with Crippen LogP contribution in [0.15, 0.2) is 219 Å². The van der Waals surface area contributed by atoms with Crippen molar-refractivity contribution in [3.8, 4) is 0 Å². The smallest absolute Gasteiger partial charge is 0.306 e. The van der Waals surface area contributed by atoms with E-state index >= 15 is 0 Å². The molecular weight excluding hydrogens is 1080 g/mol. The molecule has 0 unspecified atom stereocenters. The Morgan fingerprint density at radius 3 is 0.943 bits per heavy atom. The summed E-state index contributed by atoms with van der Waals surface area (Å²) in [6.07, 6.45) is 102. The molecule has 0 saturated carbocycles. The predicted octanol–water partition coefficient (Wildman–Crippen LogP) is 21.4. The van der Waals surface area contributed by atoms with E-state index in [0.717, 1.165) is 116 Å². The van der Waals surface area contributed by atoms with E-state index in [4.69, 9.17) is 0 Å². The molecular formula is C80H118N2O6. The van der Waals surface area contributed by atoms with Crippen molar-refractivity contribution in [1.29, 1.82) is 0 Å². The summed E-state index contributed by atoms with van der Waals surface area (Å²) in [7, 11) is 0.